The lowest BCUT2D eigenvalue weighted by molar-refractivity contribution is 0.304. The van der Waals surface area contributed by atoms with Gasteiger partial charge in [-0.05, 0) is 58.7 Å². The van der Waals surface area contributed by atoms with Gasteiger partial charge in [-0.2, -0.15) is 9.78 Å². The number of rotatable bonds is 8. The lowest BCUT2D eigenvalue weighted by atomic mass is 10.2. The molecule has 0 radical (unpaired) electrons. The summed E-state index contributed by atoms with van der Waals surface area (Å²) in [6, 6.07) is 16.4. The van der Waals surface area contributed by atoms with Gasteiger partial charge in [-0.25, -0.2) is 4.98 Å². The number of aromatic nitrogens is 2. The number of halogens is 4. The van der Waals surface area contributed by atoms with E-state index in [4.69, 9.17) is 32.9 Å². The molecule has 0 bridgehead atoms. The predicted molar refractivity (Wildman–Crippen MR) is 150 cm³/mol. The first-order valence-electron chi connectivity index (χ1n) is 11.0. The molecule has 0 unspecified atom stereocenters. The Balaban J connectivity index is 1.76. The number of aryl methyl sites for hydroxylation is 1. The lowest BCUT2D eigenvalue weighted by Gasteiger charge is -2.13. The highest BCUT2D eigenvalue weighted by molar-refractivity contribution is 9.10. The van der Waals surface area contributed by atoms with E-state index in [9.17, 15) is 4.79 Å². The summed E-state index contributed by atoms with van der Waals surface area (Å²) >= 11 is 19.6. The highest BCUT2D eigenvalue weighted by Crippen LogP contribution is 2.33. The summed E-state index contributed by atoms with van der Waals surface area (Å²) in [6.07, 6.45) is 4.06. The monoisotopic (exact) mass is 635 g/mol. The first-order chi connectivity index (χ1) is 16.9. The maximum atomic E-state index is 13.4. The van der Waals surface area contributed by atoms with Crippen LogP contribution in [0.25, 0.3) is 10.9 Å². The Bertz CT molecular complexity index is 1470. The molecular weight excluding hydrogens is 617 g/mol. The van der Waals surface area contributed by atoms with Gasteiger partial charge >= 0.3 is 0 Å². The van der Waals surface area contributed by atoms with Crippen LogP contribution in [-0.2, 0) is 13.0 Å². The molecule has 4 aromatic rings. The Kier molecular flexibility index (Phi) is 8.65. The molecule has 1 aromatic heterocycles. The summed E-state index contributed by atoms with van der Waals surface area (Å²) in [5, 5.41) is 6.15. The minimum Gasteiger partial charge on any atom is -0.487 e. The molecular formula is C26H21Br2Cl2N3O2. The second-order valence-electron chi connectivity index (χ2n) is 7.84. The van der Waals surface area contributed by atoms with Crippen LogP contribution in [0.3, 0.4) is 0 Å². The molecule has 180 valence electrons. The SMILES string of the molecule is CCCCc1nc2ccc(Br)cc2c(=O)n1N=Cc1cc(Cl)cc(Br)c1OCc1ccccc1Cl. The molecule has 0 aliphatic rings. The van der Waals surface area contributed by atoms with E-state index in [0.717, 1.165) is 22.9 Å². The molecule has 0 aliphatic carbocycles. The van der Waals surface area contributed by atoms with Crippen molar-refractivity contribution in [3.05, 3.63) is 101 Å². The van der Waals surface area contributed by atoms with Gasteiger partial charge in [0.05, 0.1) is 21.6 Å². The van der Waals surface area contributed by atoms with Crippen molar-refractivity contribution in [2.24, 2.45) is 5.10 Å². The quantitative estimate of drug-likeness (QED) is 0.184. The molecule has 0 fully saturated rings. The molecule has 0 atom stereocenters. The minimum atomic E-state index is -0.238. The first kappa shape index (κ1) is 25.9. The van der Waals surface area contributed by atoms with Crippen LogP contribution in [0.1, 0.15) is 36.7 Å². The zero-order chi connectivity index (χ0) is 24.9. The van der Waals surface area contributed by atoms with Gasteiger partial charge in [-0.1, -0.05) is 70.7 Å². The predicted octanol–water partition coefficient (Wildman–Crippen LogP) is 8.03. The van der Waals surface area contributed by atoms with Gasteiger partial charge in [-0.3, -0.25) is 4.79 Å². The summed E-state index contributed by atoms with van der Waals surface area (Å²) in [7, 11) is 0. The molecule has 5 nitrogen and oxygen atoms in total. The normalized spacial score (nSPS) is 11.5. The second-order valence-corrected chi connectivity index (χ2v) is 10.5. The van der Waals surface area contributed by atoms with Crippen molar-refractivity contribution in [2.75, 3.05) is 0 Å². The summed E-state index contributed by atoms with van der Waals surface area (Å²) in [4.78, 5) is 18.1. The number of hydrogen-bond donors (Lipinski definition) is 0. The van der Waals surface area contributed by atoms with Crippen LogP contribution >= 0.6 is 55.1 Å². The van der Waals surface area contributed by atoms with E-state index in [2.05, 4.69) is 43.9 Å². The van der Waals surface area contributed by atoms with Gasteiger partial charge in [0.25, 0.3) is 5.56 Å². The highest BCUT2D eigenvalue weighted by atomic mass is 79.9. The maximum absolute atomic E-state index is 13.4. The lowest BCUT2D eigenvalue weighted by Crippen LogP contribution is -2.22. The number of fused-ring (bicyclic) bond motifs is 1. The van der Waals surface area contributed by atoms with Gasteiger partial charge in [0.15, 0.2) is 0 Å². The molecule has 0 spiro atoms. The number of benzene rings is 3. The summed E-state index contributed by atoms with van der Waals surface area (Å²) in [5.74, 6) is 1.14. The highest BCUT2D eigenvalue weighted by Gasteiger charge is 2.13. The standard InChI is InChI=1S/C26H21Br2Cl2N3O2/c1-2-3-8-24-32-23-10-9-18(27)12-20(23)26(34)33(24)31-14-17-11-19(29)13-21(28)25(17)35-15-16-6-4-5-7-22(16)30/h4-7,9-14H,2-3,8,15H2,1H3. The fraction of sp³-hybridized carbons (Fsp3) is 0.192. The topological polar surface area (TPSA) is 56.5 Å². The Morgan fingerprint density at radius 3 is 2.69 bits per heavy atom. The molecule has 0 saturated heterocycles. The molecule has 0 N–H and O–H groups in total. The van der Waals surface area contributed by atoms with Crippen molar-refractivity contribution >= 4 is 72.2 Å². The third-order valence-corrected chi connectivity index (χ3v) is 6.98. The summed E-state index contributed by atoms with van der Waals surface area (Å²) < 4.78 is 8.92. The van der Waals surface area contributed by atoms with Crippen molar-refractivity contribution in [1.82, 2.24) is 9.66 Å². The van der Waals surface area contributed by atoms with E-state index in [1.54, 1.807) is 24.4 Å². The van der Waals surface area contributed by atoms with Gasteiger partial charge < -0.3 is 4.74 Å². The van der Waals surface area contributed by atoms with Gasteiger partial charge in [0, 0.05) is 32.1 Å². The molecule has 0 amide bonds. The third-order valence-electron chi connectivity index (χ3n) is 5.31. The van der Waals surface area contributed by atoms with Gasteiger partial charge in [-0.15, -0.1) is 0 Å². The van der Waals surface area contributed by atoms with E-state index < -0.39 is 0 Å². The molecule has 3 aromatic carbocycles. The van der Waals surface area contributed by atoms with Gasteiger partial charge in [0.1, 0.15) is 18.2 Å². The molecule has 0 aliphatic heterocycles. The average molecular weight is 638 g/mol. The Labute approximate surface area is 230 Å². The Hall–Kier alpha value is -2.19. The van der Waals surface area contributed by atoms with Crippen LogP contribution in [0, 0.1) is 0 Å². The zero-order valence-corrected chi connectivity index (χ0v) is 23.5. The molecule has 4 rings (SSSR count). The van der Waals surface area contributed by atoms with Crippen molar-refractivity contribution < 1.29 is 4.74 Å². The minimum absolute atomic E-state index is 0.238. The van der Waals surface area contributed by atoms with Crippen LogP contribution in [0.2, 0.25) is 10.0 Å². The van der Waals surface area contributed by atoms with E-state index in [0.29, 0.717) is 49.0 Å². The van der Waals surface area contributed by atoms with Crippen molar-refractivity contribution in [3.63, 3.8) is 0 Å². The summed E-state index contributed by atoms with van der Waals surface area (Å²) in [6.45, 7) is 2.35. The smallest absolute Gasteiger partial charge is 0.282 e. The first-order valence-corrected chi connectivity index (χ1v) is 13.3. The largest absolute Gasteiger partial charge is 0.487 e. The van der Waals surface area contributed by atoms with Crippen LogP contribution in [0.15, 0.2) is 73.4 Å². The van der Waals surface area contributed by atoms with E-state index in [-0.39, 0.29) is 12.2 Å². The van der Waals surface area contributed by atoms with Crippen molar-refractivity contribution in [2.45, 2.75) is 32.8 Å². The van der Waals surface area contributed by atoms with E-state index in [1.165, 1.54) is 4.68 Å². The average Bonchev–Trinajstić information content (AvgIpc) is 2.83. The molecule has 0 saturated carbocycles. The van der Waals surface area contributed by atoms with E-state index in [1.807, 2.05) is 36.4 Å². The van der Waals surface area contributed by atoms with Crippen LogP contribution < -0.4 is 10.3 Å². The van der Waals surface area contributed by atoms with Gasteiger partial charge in [0.2, 0.25) is 0 Å². The fourth-order valence-electron chi connectivity index (χ4n) is 3.52. The number of nitrogens with zero attached hydrogens (tertiary/aromatic N) is 3. The number of ether oxygens (including phenoxy) is 1. The Morgan fingerprint density at radius 1 is 1.11 bits per heavy atom. The molecule has 1 heterocycles. The van der Waals surface area contributed by atoms with Crippen LogP contribution in [0.4, 0.5) is 0 Å². The zero-order valence-electron chi connectivity index (χ0n) is 18.8. The number of unbranched alkanes of at least 4 members (excludes halogenated alkanes) is 1. The van der Waals surface area contributed by atoms with Crippen LogP contribution in [0.5, 0.6) is 5.75 Å². The Morgan fingerprint density at radius 2 is 1.91 bits per heavy atom. The molecule has 35 heavy (non-hydrogen) atoms. The van der Waals surface area contributed by atoms with E-state index >= 15 is 0 Å². The van der Waals surface area contributed by atoms with Crippen molar-refractivity contribution in [3.8, 4) is 5.75 Å². The number of hydrogen-bond acceptors (Lipinski definition) is 4. The van der Waals surface area contributed by atoms with Crippen molar-refractivity contribution in [1.29, 1.82) is 0 Å². The summed E-state index contributed by atoms with van der Waals surface area (Å²) in [5.41, 5.74) is 1.86. The fourth-order valence-corrected chi connectivity index (χ4v) is 5.02. The third kappa shape index (κ3) is 6.15. The maximum Gasteiger partial charge on any atom is 0.282 e. The van der Waals surface area contributed by atoms with Crippen LogP contribution in [-0.4, -0.2) is 15.9 Å². The second kappa shape index (κ2) is 11.7. The molecule has 9 heteroatoms.